The fourth-order valence-electron chi connectivity index (χ4n) is 1.46. The maximum absolute atomic E-state index is 11.5. The maximum Gasteiger partial charge on any atom is 0.220 e. The van der Waals surface area contributed by atoms with Crippen molar-refractivity contribution < 1.29 is 14.6 Å². The van der Waals surface area contributed by atoms with Crippen LogP contribution in [0.1, 0.15) is 17.7 Å². The average Bonchev–Trinajstić information content (AvgIpc) is 2.73. The molecule has 0 saturated heterocycles. The maximum atomic E-state index is 11.5. The van der Waals surface area contributed by atoms with Crippen LogP contribution in [0.3, 0.4) is 0 Å². The largest absolute Gasteiger partial charge is 0.391 e. The van der Waals surface area contributed by atoms with Gasteiger partial charge in [0, 0.05) is 30.3 Å². The van der Waals surface area contributed by atoms with E-state index in [1.54, 1.807) is 11.3 Å². The lowest BCUT2D eigenvalue weighted by atomic mass is 10.2. The summed E-state index contributed by atoms with van der Waals surface area (Å²) in [5, 5.41) is 14.7. The fraction of sp³-hybridized carbons (Fsp3) is 0.583. The third-order valence-electron chi connectivity index (χ3n) is 2.38. The molecule has 1 aromatic heterocycles. The van der Waals surface area contributed by atoms with E-state index in [-0.39, 0.29) is 5.91 Å². The monoisotopic (exact) mass is 291 g/mol. The number of aliphatic hydroxyl groups is 1. The van der Waals surface area contributed by atoms with E-state index in [1.165, 1.54) is 7.11 Å². The van der Waals surface area contributed by atoms with E-state index >= 15 is 0 Å². The third kappa shape index (κ3) is 6.35. The zero-order chi connectivity index (χ0) is 13.4. The number of methoxy groups -OCH3 is 1. The molecule has 102 valence electrons. The molecular formula is C12H18ClNO3S. The van der Waals surface area contributed by atoms with Gasteiger partial charge in [0.15, 0.2) is 0 Å². The van der Waals surface area contributed by atoms with Gasteiger partial charge in [0.2, 0.25) is 5.91 Å². The molecule has 0 aliphatic rings. The molecule has 0 aliphatic carbocycles. The summed E-state index contributed by atoms with van der Waals surface area (Å²) in [6, 6.07) is 1.88. The van der Waals surface area contributed by atoms with Gasteiger partial charge in [-0.05, 0) is 18.9 Å². The van der Waals surface area contributed by atoms with Crippen molar-refractivity contribution in [3.8, 4) is 0 Å². The lowest BCUT2D eigenvalue weighted by Gasteiger charge is -2.09. The molecule has 0 bridgehead atoms. The minimum atomic E-state index is -0.522. The van der Waals surface area contributed by atoms with Crippen LogP contribution in [0.5, 0.6) is 0 Å². The number of hydrogen-bond acceptors (Lipinski definition) is 4. The Kier molecular flexibility index (Phi) is 7.27. The summed E-state index contributed by atoms with van der Waals surface area (Å²) in [4.78, 5) is 12.6. The first-order valence-corrected chi connectivity index (χ1v) is 7.04. The lowest BCUT2D eigenvalue weighted by molar-refractivity contribution is -0.121. The Morgan fingerprint density at radius 2 is 2.44 bits per heavy atom. The van der Waals surface area contributed by atoms with Crippen LogP contribution in [0, 0.1) is 0 Å². The van der Waals surface area contributed by atoms with Gasteiger partial charge in [-0.1, -0.05) is 11.6 Å². The van der Waals surface area contributed by atoms with Crippen LogP contribution in [0.25, 0.3) is 0 Å². The molecule has 1 aromatic rings. The van der Waals surface area contributed by atoms with Crippen LogP contribution in [0.15, 0.2) is 11.4 Å². The van der Waals surface area contributed by atoms with Gasteiger partial charge in [-0.15, -0.1) is 11.3 Å². The highest BCUT2D eigenvalue weighted by atomic mass is 35.5. The van der Waals surface area contributed by atoms with Gasteiger partial charge < -0.3 is 15.2 Å². The summed E-state index contributed by atoms with van der Waals surface area (Å²) in [5.41, 5.74) is 0. The minimum absolute atomic E-state index is 0.0101. The Balaban J connectivity index is 2.10. The molecule has 1 heterocycles. The predicted octanol–water partition coefficient (Wildman–Crippen LogP) is 1.85. The number of aliphatic hydroxyl groups excluding tert-OH is 1. The normalized spacial score (nSPS) is 12.4. The highest BCUT2D eigenvalue weighted by molar-refractivity contribution is 7.10. The van der Waals surface area contributed by atoms with E-state index in [0.717, 1.165) is 9.90 Å². The van der Waals surface area contributed by atoms with Crippen LogP contribution in [0.2, 0.25) is 5.02 Å². The summed E-state index contributed by atoms with van der Waals surface area (Å²) in [6.07, 6.45) is 1.12. The molecule has 1 unspecified atom stereocenters. The van der Waals surface area contributed by atoms with Crippen LogP contribution in [-0.4, -0.2) is 37.4 Å². The Morgan fingerprint density at radius 3 is 3.06 bits per heavy atom. The summed E-state index contributed by atoms with van der Waals surface area (Å²) >= 11 is 7.35. The second-order valence-corrected chi connectivity index (χ2v) is 5.41. The smallest absolute Gasteiger partial charge is 0.220 e. The zero-order valence-corrected chi connectivity index (χ0v) is 11.9. The van der Waals surface area contributed by atoms with Crippen molar-refractivity contribution in [2.75, 3.05) is 20.3 Å². The molecule has 0 aromatic carbocycles. The van der Waals surface area contributed by atoms with Gasteiger partial charge in [-0.2, -0.15) is 0 Å². The molecule has 18 heavy (non-hydrogen) atoms. The summed E-state index contributed by atoms with van der Waals surface area (Å²) in [7, 11) is 1.54. The van der Waals surface area contributed by atoms with Crippen molar-refractivity contribution >= 4 is 28.8 Å². The molecule has 0 radical (unpaired) electrons. The molecule has 2 N–H and O–H groups in total. The first-order chi connectivity index (χ1) is 8.61. The Morgan fingerprint density at radius 1 is 1.67 bits per heavy atom. The number of rotatable bonds is 8. The number of nitrogens with one attached hydrogen (secondary N) is 1. The number of carbonyl (C=O) groups excluding carboxylic acids is 1. The predicted molar refractivity (Wildman–Crippen MR) is 73.2 cm³/mol. The van der Waals surface area contributed by atoms with Crippen molar-refractivity contribution in [3.63, 3.8) is 0 Å². The summed E-state index contributed by atoms with van der Waals surface area (Å²) < 4.78 is 4.79. The van der Waals surface area contributed by atoms with E-state index in [1.807, 2.05) is 11.4 Å². The van der Waals surface area contributed by atoms with Gasteiger partial charge >= 0.3 is 0 Å². The van der Waals surface area contributed by atoms with E-state index in [2.05, 4.69) is 5.32 Å². The second kappa shape index (κ2) is 8.48. The van der Waals surface area contributed by atoms with Crippen LogP contribution in [0.4, 0.5) is 0 Å². The number of carbonyl (C=O) groups is 1. The highest BCUT2D eigenvalue weighted by Gasteiger charge is 2.06. The van der Waals surface area contributed by atoms with E-state index in [4.69, 9.17) is 16.3 Å². The highest BCUT2D eigenvalue weighted by Crippen LogP contribution is 2.20. The summed E-state index contributed by atoms with van der Waals surface area (Å²) in [5.74, 6) is -0.0101. The number of amides is 1. The van der Waals surface area contributed by atoms with Crippen molar-refractivity contribution in [1.82, 2.24) is 5.32 Å². The zero-order valence-electron chi connectivity index (χ0n) is 10.3. The van der Waals surface area contributed by atoms with Crippen molar-refractivity contribution in [1.29, 1.82) is 0 Å². The number of aryl methyl sites for hydroxylation is 1. The molecular weight excluding hydrogens is 274 g/mol. The molecule has 1 atom stereocenters. The lowest BCUT2D eigenvalue weighted by Crippen LogP contribution is -2.28. The number of halogens is 1. The van der Waals surface area contributed by atoms with Crippen LogP contribution in [-0.2, 0) is 16.0 Å². The molecule has 4 nitrogen and oxygen atoms in total. The van der Waals surface area contributed by atoms with Gasteiger partial charge in [-0.25, -0.2) is 0 Å². The number of hydrogen-bond donors (Lipinski definition) is 2. The third-order valence-corrected chi connectivity index (χ3v) is 3.72. The van der Waals surface area contributed by atoms with E-state index in [9.17, 15) is 9.90 Å². The Bertz CT molecular complexity index is 370. The fourth-order valence-corrected chi connectivity index (χ4v) is 2.54. The first-order valence-electron chi connectivity index (χ1n) is 5.78. The molecule has 1 amide bonds. The van der Waals surface area contributed by atoms with E-state index < -0.39 is 6.10 Å². The molecule has 1 rings (SSSR count). The van der Waals surface area contributed by atoms with Gasteiger partial charge in [0.25, 0.3) is 0 Å². The summed E-state index contributed by atoms with van der Waals surface area (Å²) in [6.45, 7) is 0.762. The Hall–Kier alpha value is -0.620. The number of thiophene rings is 1. The standard InChI is InChI=1S/C12H18ClNO3S/c1-17-7-10(15)4-5-14-12(16)3-2-11-6-9(13)8-18-11/h6,8,10,15H,2-5,7H2,1H3,(H,14,16). The molecule has 0 aliphatic heterocycles. The van der Waals surface area contributed by atoms with Crippen molar-refractivity contribution in [3.05, 3.63) is 21.3 Å². The molecule has 0 spiro atoms. The topological polar surface area (TPSA) is 58.6 Å². The van der Waals surface area contributed by atoms with Crippen molar-refractivity contribution in [2.45, 2.75) is 25.4 Å². The number of ether oxygens (including phenoxy) is 1. The minimum Gasteiger partial charge on any atom is -0.391 e. The molecule has 0 fully saturated rings. The Labute approximate surface area is 116 Å². The van der Waals surface area contributed by atoms with Gasteiger partial charge in [0.05, 0.1) is 17.7 Å². The first kappa shape index (κ1) is 15.4. The van der Waals surface area contributed by atoms with Crippen molar-refractivity contribution in [2.24, 2.45) is 0 Å². The SMILES string of the molecule is COCC(O)CCNC(=O)CCc1cc(Cl)cs1. The van der Waals surface area contributed by atoms with Gasteiger partial charge in [-0.3, -0.25) is 4.79 Å². The average molecular weight is 292 g/mol. The molecule has 0 saturated carbocycles. The van der Waals surface area contributed by atoms with Gasteiger partial charge in [0.1, 0.15) is 0 Å². The quantitative estimate of drug-likeness (QED) is 0.768. The van der Waals surface area contributed by atoms with Crippen LogP contribution < -0.4 is 5.32 Å². The second-order valence-electron chi connectivity index (χ2n) is 3.98. The molecule has 6 heteroatoms. The van der Waals surface area contributed by atoms with E-state index in [0.29, 0.717) is 32.4 Å². The van der Waals surface area contributed by atoms with Crippen LogP contribution >= 0.6 is 22.9 Å².